The third-order valence-electron chi connectivity index (χ3n) is 4.97. The molecule has 32 heavy (non-hydrogen) atoms. The molecule has 0 aliphatic carbocycles. The van der Waals surface area contributed by atoms with Gasteiger partial charge in [-0.05, 0) is 35.7 Å². The molecule has 0 unspecified atom stereocenters. The Hall–Kier alpha value is -4.49. The molecule has 0 saturated heterocycles. The molecular weight excluding hydrogens is 426 g/mol. The first-order chi connectivity index (χ1) is 15.6. The molecule has 9 nitrogen and oxygen atoms in total. The number of aromatic nitrogens is 5. The minimum atomic E-state index is -0.626. The van der Waals surface area contributed by atoms with Crippen LogP contribution in [0.15, 0.2) is 60.1 Å². The van der Waals surface area contributed by atoms with Crippen molar-refractivity contribution in [3.05, 3.63) is 71.4 Å². The molecular formula is C22H15N7O2S. The fourth-order valence-corrected chi connectivity index (χ4v) is 4.13. The summed E-state index contributed by atoms with van der Waals surface area (Å²) in [5.74, 6) is 0.0388. The number of thiophene rings is 1. The average Bonchev–Trinajstić information content (AvgIpc) is 3.56. The number of nitrogens with zero attached hydrogens (tertiary/aromatic N) is 6. The number of carbonyl (C=O) groups is 1. The number of benzene rings is 1. The highest BCUT2D eigenvalue weighted by molar-refractivity contribution is 7.13. The molecule has 0 spiro atoms. The van der Waals surface area contributed by atoms with Crippen LogP contribution in [-0.4, -0.2) is 37.5 Å². The van der Waals surface area contributed by atoms with Crippen molar-refractivity contribution in [3.63, 3.8) is 0 Å². The molecule has 5 aromatic rings. The van der Waals surface area contributed by atoms with Crippen molar-refractivity contribution in [2.75, 3.05) is 12.8 Å². The topological polar surface area (TPSA) is 124 Å². The summed E-state index contributed by atoms with van der Waals surface area (Å²) in [6, 6.07) is 17.0. The van der Waals surface area contributed by atoms with E-state index in [1.165, 1.54) is 13.3 Å². The number of nitriles is 1. The summed E-state index contributed by atoms with van der Waals surface area (Å²) in [7, 11) is 1.27. The van der Waals surface area contributed by atoms with Gasteiger partial charge < -0.3 is 15.0 Å². The summed E-state index contributed by atoms with van der Waals surface area (Å²) in [5.41, 5.74) is 9.16. The number of fused-ring (bicyclic) bond motifs is 1. The van der Waals surface area contributed by atoms with E-state index in [-0.39, 0.29) is 16.9 Å². The molecule has 0 radical (unpaired) electrons. The third kappa shape index (κ3) is 3.08. The Balaban J connectivity index is 1.63. The first-order valence-corrected chi connectivity index (χ1v) is 10.3. The van der Waals surface area contributed by atoms with E-state index < -0.39 is 5.97 Å². The van der Waals surface area contributed by atoms with Gasteiger partial charge in [-0.3, -0.25) is 0 Å². The highest BCUT2D eigenvalue weighted by Gasteiger charge is 2.22. The van der Waals surface area contributed by atoms with Crippen LogP contribution in [0.5, 0.6) is 0 Å². The van der Waals surface area contributed by atoms with Crippen molar-refractivity contribution in [2.45, 2.75) is 0 Å². The number of methoxy groups -OCH3 is 1. The van der Waals surface area contributed by atoms with E-state index in [4.69, 9.17) is 15.6 Å². The molecule has 2 N–H and O–H groups in total. The minimum absolute atomic E-state index is 0.0781. The van der Waals surface area contributed by atoms with E-state index in [1.54, 1.807) is 20.4 Å². The summed E-state index contributed by atoms with van der Waals surface area (Å²) in [6.07, 6.45) is 1.52. The van der Waals surface area contributed by atoms with Crippen LogP contribution < -0.4 is 5.73 Å². The van der Waals surface area contributed by atoms with E-state index in [0.29, 0.717) is 22.9 Å². The molecule has 0 aliphatic heterocycles. The third-order valence-corrected chi connectivity index (χ3v) is 5.83. The second kappa shape index (κ2) is 7.64. The molecule has 0 fully saturated rings. The first-order valence-electron chi connectivity index (χ1n) is 9.47. The van der Waals surface area contributed by atoms with E-state index in [1.807, 2.05) is 60.0 Å². The predicted molar refractivity (Wildman–Crippen MR) is 119 cm³/mol. The Kier molecular flexibility index (Phi) is 4.65. The maximum atomic E-state index is 12.3. The number of rotatable bonds is 4. The highest BCUT2D eigenvalue weighted by atomic mass is 32.1. The van der Waals surface area contributed by atoms with Gasteiger partial charge in [-0.15, -0.1) is 21.5 Å². The normalized spacial score (nSPS) is 10.9. The van der Waals surface area contributed by atoms with E-state index in [0.717, 1.165) is 10.4 Å². The summed E-state index contributed by atoms with van der Waals surface area (Å²) in [5, 5.41) is 24.5. The summed E-state index contributed by atoms with van der Waals surface area (Å²) < 4.78 is 8.12. The van der Waals surface area contributed by atoms with Gasteiger partial charge in [0, 0.05) is 17.4 Å². The monoisotopic (exact) mass is 441 g/mol. The fourth-order valence-electron chi connectivity index (χ4n) is 3.44. The predicted octanol–water partition coefficient (Wildman–Crippen LogP) is 3.55. The number of hydrogen-bond donors (Lipinski definition) is 1. The van der Waals surface area contributed by atoms with Gasteiger partial charge in [0.15, 0.2) is 17.2 Å². The Morgan fingerprint density at radius 2 is 2.06 bits per heavy atom. The SMILES string of the molecule is COC(=O)c1c(N)c(C#N)cn1-c1cccc(-c2ccc3nnc(-c4cccs4)n3n2)c1. The number of anilines is 1. The lowest BCUT2D eigenvalue weighted by atomic mass is 10.1. The van der Waals surface area contributed by atoms with Gasteiger partial charge >= 0.3 is 5.97 Å². The molecule has 5 rings (SSSR count). The summed E-state index contributed by atoms with van der Waals surface area (Å²) in [4.78, 5) is 13.3. The molecule has 0 atom stereocenters. The van der Waals surface area contributed by atoms with Crippen LogP contribution in [0.1, 0.15) is 16.1 Å². The van der Waals surface area contributed by atoms with Crippen molar-refractivity contribution in [1.82, 2.24) is 24.4 Å². The number of nitrogen functional groups attached to an aromatic ring is 1. The van der Waals surface area contributed by atoms with Gasteiger partial charge in [0.1, 0.15) is 6.07 Å². The van der Waals surface area contributed by atoms with Gasteiger partial charge in [-0.1, -0.05) is 18.2 Å². The molecule has 156 valence electrons. The van der Waals surface area contributed by atoms with Crippen LogP contribution in [0.3, 0.4) is 0 Å². The van der Waals surface area contributed by atoms with Gasteiger partial charge in [0.25, 0.3) is 0 Å². The molecule has 0 saturated carbocycles. The number of hydrogen-bond acceptors (Lipinski definition) is 8. The van der Waals surface area contributed by atoms with Crippen LogP contribution in [0.2, 0.25) is 0 Å². The Morgan fingerprint density at radius 3 is 2.81 bits per heavy atom. The molecule has 0 aliphatic rings. The number of ether oxygens (including phenoxy) is 1. The van der Waals surface area contributed by atoms with Gasteiger partial charge in [0.2, 0.25) is 0 Å². The average molecular weight is 441 g/mol. The van der Waals surface area contributed by atoms with Crippen LogP contribution in [0, 0.1) is 11.3 Å². The molecule has 4 aromatic heterocycles. The van der Waals surface area contributed by atoms with Gasteiger partial charge in [-0.25, -0.2) is 4.79 Å². The molecule has 1 aromatic carbocycles. The van der Waals surface area contributed by atoms with E-state index in [2.05, 4.69) is 10.2 Å². The second-order valence-corrected chi connectivity index (χ2v) is 7.77. The fraction of sp³-hybridized carbons (Fsp3) is 0.0455. The Bertz CT molecular complexity index is 1510. The van der Waals surface area contributed by atoms with Crippen molar-refractivity contribution in [2.24, 2.45) is 0 Å². The van der Waals surface area contributed by atoms with Crippen molar-refractivity contribution in [3.8, 4) is 33.7 Å². The molecule has 0 bridgehead atoms. The zero-order valence-electron chi connectivity index (χ0n) is 16.8. The van der Waals surface area contributed by atoms with Gasteiger partial charge in [-0.2, -0.15) is 14.9 Å². The Morgan fingerprint density at radius 1 is 1.19 bits per heavy atom. The zero-order valence-corrected chi connectivity index (χ0v) is 17.6. The summed E-state index contributed by atoms with van der Waals surface area (Å²) in [6.45, 7) is 0. The number of carbonyl (C=O) groups excluding carboxylic acids is 1. The van der Waals surface area contributed by atoms with Crippen LogP contribution in [0.4, 0.5) is 5.69 Å². The largest absolute Gasteiger partial charge is 0.464 e. The highest BCUT2D eigenvalue weighted by Crippen LogP contribution is 2.28. The maximum absolute atomic E-state index is 12.3. The van der Waals surface area contributed by atoms with E-state index in [9.17, 15) is 10.1 Å². The standard InChI is InChI=1S/C22H15N7O2S/c1-31-22(30)20-19(24)14(11-23)12-28(20)15-5-2-4-13(10-15)16-7-8-18-25-26-21(29(18)27-16)17-6-3-9-32-17/h2-10,12H,24H2,1H3. The number of esters is 1. The molecule has 4 heterocycles. The lowest BCUT2D eigenvalue weighted by molar-refractivity contribution is 0.0593. The van der Waals surface area contributed by atoms with Crippen molar-refractivity contribution < 1.29 is 9.53 Å². The molecule has 0 amide bonds. The lowest BCUT2D eigenvalue weighted by Gasteiger charge is -2.10. The summed E-state index contributed by atoms with van der Waals surface area (Å²) >= 11 is 1.56. The van der Waals surface area contributed by atoms with Gasteiger partial charge in [0.05, 0.1) is 28.9 Å². The van der Waals surface area contributed by atoms with Crippen molar-refractivity contribution >= 4 is 28.6 Å². The van der Waals surface area contributed by atoms with Crippen LogP contribution in [-0.2, 0) is 4.74 Å². The van der Waals surface area contributed by atoms with Crippen molar-refractivity contribution in [1.29, 1.82) is 5.26 Å². The smallest absolute Gasteiger partial charge is 0.357 e. The molecule has 10 heteroatoms. The van der Waals surface area contributed by atoms with E-state index >= 15 is 0 Å². The minimum Gasteiger partial charge on any atom is -0.464 e. The number of nitrogens with two attached hydrogens (primary N) is 1. The Labute approximate surface area is 185 Å². The van der Waals surface area contributed by atoms with Crippen LogP contribution in [0.25, 0.3) is 33.3 Å². The zero-order chi connectivity index (χ0) is 22.2. The maximum Gasteiger partial charge on any atom is 0.357 e. The van der Waals surface area contributed by atoms with Crippen LogP contribution >= 0.6 is 11.3 Å². The first kappa shape index (κ1) is 19.5. The quantitative estimate of drug-likeness (QED) is 0.423. The second-order valence-electron chi connectivity index (χ2n) is 6.82. The lowest BCUT2D eigenvalue weighted by Crippen LogP contribution is -2.11.